The van der Waals surface area contributed by atoms with Gasteiger partial charge in [-0.2, -0.15) is 0 Å². The predicted octanol–water partition coefficient (Wildman–Crippen LogP) is 4.05. The fraction of sp³-hybridized carbons (Fsp3) is 0.316. The van der Waals surface area contributed by atoms with Crippen LogP contribution in [-0.2, 0) is 19.5 Å². The molecule has 0 aliphatic carbocycles. The van der Waals surface area contributed by atoms with Gasteiger partial charge in [0.1, 0.15) is 17.4 Å². The molecule has 0 unspecified atom stereocenters. The van der Waals surface area contributed by atoms with Crippen molar-refractivity contribution in [2.75, 3.05) is 0 Å². The maximum atomic E-state index is 6.53. The van der Waals surface area contributed by atoms with Crippen LogP contribution < -0.4 is 5.73 Å². The zero-order valence-corrected chi connectivity index (χ0v) is 16.4. The van der Waals surface area contributed by atoms with Crippen molar-refractivity contribution in [1.82, 2.24) is 14.8 Å². The van der Waals surface area contributed by atoms with Gasteiger partial charge >= 0.3 is 0 Å². The third-order valence-electron chi connectivity index (χ3n) is 4.60. The van der Waals surface area contributed by atoms with Crippen molar-refractivity contribution < 1.29 is 0 Å². The van der Waals surface area contributed by atoms with E-state index in [9.17, 15) is 0 Å². The van der Waals surface area contributed by atoms with E-state index in [0.717, 1.165) is 46.3 Å². The highest BCUT2D eigenvalue weighted by atomic mass is 35.5. The number of aliphatic imine (C=N–C) groups is 1. The van der Waals surface area contributed by atoms with E-state index in [1.165, 1.54) is 10.4 Å². The van der Waals surface area contributed by atoms with Crippen LogP contribution in [-0.4, -0.2) is 20.5 Å². The maximum Gasteiger partial charge on any atom is 0.160 e. The summed E-state index contributed by atoms with van der Waals surface area (Å²) in [5, 5.41) is 10.4. The highest BCUT2D eigenvalue weighted by molar-refractivity contribution is 7.15. The molecule has 3 heterocycles. The van der Waals surface area contributed by atoms with Gasteiger partial charge in [-0.3, -0.25) is 9.56 Å². The van der Waals surface area contributed by atoms with E-state index < -0.39 is 0 Å². The lowest BCUT2D eigenvalue weighted by Crippen LogP contribution is -2.10. The molecule has 1 aliphatic heterocycles. The molecule has 26 heavy (non-hydrogen) atoms. The standard InChI is InChI=1S/C19H20ClN5S/c1-3-6-13-15(9-21)26-19-17(13)18(12-7-4-5-8-14(12)20)22-10-16-24-23-11(2)25(16)19/h4-5,7-8H,3,6,9-10,21H2,1-2H3. The number of hydrogen-bond acceptors (Lipinski definition) is 5. The molecule has 1 aliphatic rings. The van der Waals surface area contributed by atoms with E-state index in [1.54, 1.807) is 11.3 Å². The molecule has 4 rings (SSSR count). The number of nitrogens with zero attached hydrogens (tertiary/aromatic N) is 4. The minimum Gasteiger partial charge on any atom is -0.326 e. The Bertz CT molecular complexity index is 1000. The lowest BCUT2D eigenvalue weighted by atomic mass is 9.96. The normalized spacial score (nSPS) is 13.2. The third kappa shape index (κ3) is 2.69. The highest BCUT2D eigenvalue weighted by Crippen LogP contribution is 2.38. The van der Waals surface area contributed by atoms with Crippen molar-refractivity contribution in [3.8, 4) is 5.00 Å². The van der Waals surface area contributed by atoms with Crippen LogP contribution in [0.4, 0.5) is 0 Å². The molecule has 2 aromatic heterocycles. The first-order chi connectivity index (χ1) is 12.7. The second-order valence-corrected chi connectivity index (χ2v) is 7.77. The van der Waals surface area contributed by atoms with Gasteiger partial charge in [-0.05, 0) is 25.0 Å². The van der Waals surface area contributed by atoms with Gasteiger partial charge in [0, 0.05) is 27.6 Å². The molecule has 0 atom stereocenters. The predicted molar refractivity (Wildman–Crippen MR) is 107 cm³/mol. The summed E-state index contributed by atoms with van der Waals surface area (Å²) in [5.74, 6) is 1.71. The first-order valence-corrected chi connectivity index (χ1v) is 9.90. The summed E-state index contributed by atoms with van der Waals surface area (Å²) in [7, 11) is 0. The monoisotopic (exact) mass is 385 g/mol. The first kappa shape index (κ1) is 17.4. The first-order valence-electron chi connectivity index (χ1n) is 8.71. The zero-order chi connectivity index (χ0) is 18.3. The molecule has 1 aromatic carbocycles. The second kappa shape index (κ2) is 6.95. The molecule has 7 heteroatoms. The Balaban J connectivity index is 2.05. The van der Waals surface area contributed by atoms with E-state index in [1.807, 2.05) is 31.2 Å². The molecule has 2 N–H and O–H groups in total. The van der Waals surface area contributed by atoms with Gasteiger partial charge in [0.2, 0.25) is 0 Å². The SMILES string of the molecule is CCCc1c(CN)sc2c1C(c1ccccc1Cl)=NCc1nnc(C)n1-2. The molecule has 0 bridgehead atoms. The summed E-state index contributed by atoms with van der Waals surface area (Å²) >= 11 is 8.24. The molecule has 3 aromatic rings. The van der Waals surface area contributed by atoms with Gasteiger partial charge in [0.25, 0.3) is 0 Å². The summed E-state index contributed by atoms with van der Waals surface area (Å²) in [4.78, 5) is 6.11. The van der Waals surface area contributed by atoms with Crippen molar-refractivity contribution in [2.24, 2.45) is 10.7 Å². The molecule has 0 radical (unpaired) electrons. The van der Waals surface area contributed by atoms with Gasteiger partial charge in [0.05, 0.1) is 5.71 Å². The van der Waals surface area contributed by atoms with Crippen molar-refractivity contribution in [3.63, 3.8) is 0 Å². The minimum atomic E-state index is 0.478. The van der Waals surface area contributed by atoms with Crippen LogP contribution in [0.3, 0.4) is 0 Å². The number of aryl methyl sites for hydroxylation is 1. The Morgan fingerprint density at radius 3 is 2.81 bits per heavy atom. The lowest BCUT2D eigenvalue weighted by Gasteiger charge is -2.12. The Kier molecular flexibility index (Phi) is 4.65. The topological polar surface area (TPSA) is 69.1 Å². The van der Waals surface area contributed by atoms with E-state index in [2.05, 4.69) is 21.7 Å². The molecular formula is C19H20ClN5S. The maximum absolute atomic E-state index is 6.53. The number of halogens is 1. The van der Waals surface area contributed by atoms with Gasteiger partial charge in [0.15, 0.2) is 5.82 Å². The zero-order valence-electron chi connectivity index (χ0n) is 14.8. The summed E-state index contributed by atoms with van der Waals surface area (Å²) in [5.41, 5.74) is 10.4. The smallest absolute Gasteiger partial charge is 0.160 e. The number of fused-ring (bicyclic) bond motifs is 3. The van der Waals surface area contributed by atoms with Crippen LogP contribution in [0.1, 0.15) is 46.6 Å². The largest absolute Gasteiger partial charge is 0.326 e. The van der Waals surface area contributed by atoms with Gasteiger partial charge in [-0.15, -0.1) is 21.5 Å². The van der Waals surface area contributed by atoms with E-state index in [4.69, 9.17) is 22.3 Å². The number of benzene rings is 1. The summed E-state index contributed by atoms with van der Waals surface area (Å²) < 4.78 is 2.12. The van der Waals surface area contributed by atoms with Crippen LogP contribution in [0.15, 0.2) is 29.3 Å². The van der Waals surface area contributed by atoms with Crippen LogP contribution in [0.25, 0.3) is 5.00 Å². The molecule has 0 spiro atoms. The van der Waals surface area contributed by atoms with Crippen LogP contribution in [0.5, 0.6) is 0 Å². The second-order valence-electron chi connectivity index (χ2n) is 6.28. The fourth-order valence-electron chi connectivity index (χ4n) is 3.45. The molecular weight excluding hydrogens is 366 g/mol. The van der Waals surface area contributed by atoms with Crippen molar-refractivity contribution in [1.29, 1.82) is 0 Å². The highest BCUT2D eigenvalue weighted by Gasteiger charge is 2.28. The molecule has 0 fully saturated rings. The van der Waals surface area contributed by atoms with E-state index in [0.29, 0.717) is 18.1 Å². The van der Waals surface area contributed by atoms with E-state index >= 15 is 0 Å². The summed E-state index contributed by atoms with van der Waals surface area (Å²) in [6.45, 7) is 5.15. The Labute approximate surface area is 161 Å². The third-order valence-corrected chi connectivity index (χ3v) is 6.17. The Morgan fingerprint density at radius 1 is 1.27 bits per heavy atom. The van der Waals surface area contributed by atoms with Crippen LogP contribution in [0, 0.1) is 6.92 Å². The molecule has 5 nitrogen and oxygen atoms in total. The molecule has 0 saturated heterocycles. The summed E-state index contributed by atoms with van der Waals surface area (Å²) in [6.07, 6.45) is 2.00. The van der Waals surface area contributed by atoms with Crippen molar-refractivity contribution in [3.05, 3.63) is 62.5 Å². The number of rotatable bonds is 4. The van der Waals surface area contributed by atoms with Crippen molar-refractivity contribution >= 4 is 28.6 Å². The van der Waals surface area contributed by atoms with Gasteiger partial charge in [-0.25, -0.2) is 0 Å². The number of nitrogens with two attached hydrogens (primary N) is 1. The number of aromatic nitrogens is 3. The molecule has 0 saturated carbocycles. The average Bonchev–Trinajstić information content (AvgIpc) is 3.12. The van der Waals surface area contributed by atoms with Crippen LogP contribution >= 0.6 is 22.9 Å². The van der Waals surface area contributed by atoms with Gasteiger partial charge < -0.3 is 5.73 Å². The Hall–Kier alpha value is -2.02. The Morgan fingerprint density at radius 2 is 2.08 bits per heavy atom. The fourth-order valence-corrected chi connectivity index (χ4v) is 4.97. The quantitative estimate of drug-likeness (QED) is 0.736. The lowest BCUT2D eigenvalue weighted by molar-refractivity contribution is 0.869. The molecule has 0 amide bonds. The van der Waals surface area contributed by atoms with Crippen LogP contribution in [0.2, 0.25) is 5.02 Å². The van der Waals surface area contributed by atoms with Crippen molar-refractivity contribution in [2.45, 2.75) is 39.8 Å². The summed E-state index contributed by atoms with van der Waals surface area (Å²) in [6, 6.07) is 7.87. The number of hydrogen-bond donors (Lipinski definition) is 1. The number of thiophene rings is 1. The van der Waals surface area contributed by atoms with E-state index in [-0.39, 0.29) is 0 Å². The molecule has 134 valence electrons. The minimum absolute atomic E-state index is 0.478. The average molecular weight is 386 g/mol. The van der Waals surface area contributed by atoms with Gasteiger partial charge in [-0.1, -0.05) is 43.1 Å².